The van der Waals surface area contributed by atoms with E-state index in [1.807, 2.05) is 23.1 Å². The monoisotopic (exact) mass is 315 g/mol. The zero-order valence-electron chi connectivity index (χ0n) is 14.4. The van der Waals surface area contributed by atoms with Gasteiger partial charge in [-0.25, -0.2) is 4.79 Å². The van der Waals surface area contributed by atoms with E-state index in [2.05, 4.69) is 30.1 Å². The lowest BCUT2D eigenvalue weighted by molar-refractivity contribution is 0.115. The number of urea groups is 1. The lowest BCUT2D eigenvalue weighted by Gasteiger charge is -2.38. The Balaban J connectivity index is 1.55. The van der Waals surface area contributed by atoms with E-state index >= 15 is 0 Å². The molecule has 23 heavy (non-hydrogen) atoms. The molecule has 1 heterocycles. The number of carbonyl (C=O) groups excluding carboxylic acids is 1. The van der Waals surface area contributed by atoms with Crippen LogP contribution in [0.5, 0.6) is 0 Å². The number of nitrogens with zero attached hydrogens (tertiary/aromatic N) is 2. The Morgan fingerprint density at radius 1 is 1.09 bits per heavy atom. The summed E-state index contributed by atoms with van der Waals surface area (Å²) in [5.74, 6) is 0.408. The molecule has 0 radical (unpaired) electrons. The summed E-state index contributed by atoms with van der Waals surface area (Å²) >= 11 is 0. The summed E-state index contributed by atoms with van der Waals surface area (Å²) in [6.45, 7) is 8.03. The molecule has 0 atom stereocenters. The van der Waals surface area contributed by atoms with Crippen LogP contribution in [0.1, 0.15) is 51.0 Å². The van der Waals surface area contributed by atoms with Crippen LogP contribution in [-0.2, 0) is 0 Å². The summed E-state index contributed by atoms with van der Waals surface area (Å²) < 4.78 is 0. The van der Waals surface area contributed by atoms with Gasteiger partial charge in [-0.15, -0.1) is 0 Å². The van der Waals surface area contributed by atoms with Gasteiger partial charge in [-0.1, -0.05) is 44.9 Å². The van der Waals surface area contributed by atoms with Crippen molar-refractivity contribution in [3.8, 4) is 0 Å². The first-order valence-electron chi connectivity index (χ1n) is 9.04. The van der Waals surface area contributed by atoms with Crippen molar-refractivity contribution >= 4 is 11.7 Å². The number of amides is 2. The van der Waals surface area contributed by atoms with Crippen molar-refractivity contribution in [2.24, 2.45) is 0 Å². The van der Waals surface area contributed by atoms with Crippen molar-refractivity contribution in [3.63, 3.8) is 0 Å². The Bertz CT molecular complexity index is 529. The van der Waals surface area contributed by atoms with Gasteiger partial charge in [-0.2, -0.15) is 0 Å². The molecule has 126 valence electrons. The van der Waals surface area contributed by atoms with Gasteiger partial charge in [0.15, 0.2) is 0 Å². The second-order valence-corrected chi connectivity index (χ2v) is 7.13. The lowest BCUT2D eigenvalue weighted by Crippen LogP contribution is -2.52. The predicted octanol–water partition coefficient (Wildman–Crippen LogP) is 3.90. The second-order valence-electron chi connectivity index (χ2n) is 7.13. The zero-order valence-corrected chi connectivity index (χ0v) is 14.4. The Kier molecular flexibility index (Phi) is 5.21. The highest BCUT2D eigenvalue weighted by molar-refractivity contribution is 5.90. The van der Waals surface area contributed by atoms with Crippen molar-refractivity contribution in [3.05, 3.63) is 29.8 Å². The molecule has 2 amide bonds. The number of hydrogen-bond acceptors (Lipinski definition) is 2. The van der Waals surface area contributed by atoms with E-state index in [1.54, 1.807) is 0 Å². The second kappa shape index (κ2) is 7.35. The van der Waals surface area contributed by atoms with Gasteiger partial charge in [0, 0.05) is 37.9 Å². The maximum absolute atomic E-state index is 12.6. The number of nitrogens with one attached hydrogen (secondary N) is 1. The molecule has 2 fully saturated rings. The zero-order chi connectivity index (χ0) is 16.2. The van der Waals surface area contributed by atoms with Crippen LogP contribution in [0.3, 0.4) is 0 Å². The molecule has 1 aromatic rings. The molecule has 1 N–H and O–H groups in total. The first-order chi connectivity index (χ1) is 11.1. The summed E-state index contributed by atoms with van der Waals surface area (Å²) in [7, 11) is 0. The van der Waals surface area contributed by atoms with Crippen molar-refractivity contribution in [2.45, 2.75) is 51.5 Å². The number of piperazine rings is 1. The van der Waals surface area contributed by atoms with Crippen molar-refractivity contribution in [1.82, 2.24) is 9.80 Å². The third kappa shape index (κ3) is 3.86. The highest BCUT2D eigenvalue weighted by Gasteiger charge is 2.28. The van der Waals surface area contributed by atoms with Gasteiger partial charge < -0.3 is 10.2 Å². The molecule has 4 heteroatoms. The predicted molar refractivity (Wildman–Crippen MR) is 95.0 cm³/mol. The quantitative estimate of drug-likeness (QED) is 0.918. The van der Waals surface area contributed by atoms with Crippen LogP contribution in [-0.4, -0.2) is 48.1 Å². The molecule has 0 spiro atoms. The fraction of sp³-hybridized carbons (Fsp3) is 0.632. The van der Waals surface area contributed by atoms with E-state index in [9.17, 15) is 4.79 Å². The van der Waals surface area contributed by atoms with Gasteiger partial charge in [0.1, 0.15) is 0 Å². The smallest absolute Gasteiger partial charge is 0.321 e. The van der Waals surface area contributed by atoms with E-state index in [0.717, 1.165) is 37.9 Å². The van der Waals surface area contributed by atoms with E-state index in [4.69, 9.17) is 0 Å². The minimum Gasteiger partial charge on any atom is -0.322 e. The molecule has 1 aliphatic heterocycles. The molecule has 0 aromatic heterocycles. The number of benzene rings is 1. The number of carbonyl (C=O) groups is 1. The van der Waals surface area contributed by atoms with Crippen molar-refractivity contribution in [1.29, 1.82) is 0 Å². The fourth-order valence-corrected chi connectivity index (χ4v) is 3.87. The standard InChI is InChI=1S/C19H29N3O/c1-15(2)17-9-5-6-10-18(17)20-19(23)22-13-11-21(12-14-22)16-7-3-4-8-16/h5-6,9-10,15-16H,3-4,7-8,11-14H2,1-2H3,(H,20,23). The van der Waals surface area contributed by atoms with Gasteiger partial charge in [-0.3, -0.25) is 4.90 Å². The molecule has 0 bridgehead atoms. The van der Waals surface area contributed by atoms with Crippen LogP contribution in [0.15, 0.2) is 24.3 Å². The molecule has 1 aliphatic carbocycles. The molecule has 1 saturated heterocycles. The molecule has 4 nitrogen and oxygen atoms in total. The summed E-state index contributed by atoms with van der Waals surface area (Å²) in [5.41, 5.74) is 2.15. The summed E-state index contributed by atoms with van der Waals surface area (Å²) in [5, 5.41) is 3.11. The van der Waals surface area contributed by atoms with E-state index in [0.29, 0.717) is 5.92 Å². The molecule has 3 rings (SSSR count). The minimum absolute atomic E-state index is 0.0455. The average molecular weight is 315 g/mol. The molecule has 2 aliphatic rings. The maximum Gasteiger partial charge on any atom is 0.321 e. The lowest BCUT2D eigenvalue weighted by atomic mass is 10.0. The summed E-state index contributed by atoms with van der Waals surface area (Å²) in [4.78, 5) is 17.1. The molecule has 0 unspecified atom stereocenters. The van der Waals surface area contributed by atoms with Crippen LogP contribution in [0.4, 0.5) is 10.5 Å². The minimum atomic E-state index is 0.0455. The van der Waals surface area contributed by atoms with Crippen molar-refractivity contribution in [2.75, 3.05) is 31.5 Å². The number of anilines is 1. The molecule has 1 aromatic carbocycles. The normalized spacial score (nSPS) is 20.2. The SMILES string of the molecule is CC(C)c1ccccc1NC(=O)N1CCN(C2CCCC2)CC1. The Morgan fingerprint density at radius 3 is 2.39 bits per heavy atom. The largest absolute Gasteiger partial charge is 0.322 e. The van der Waals surface area contributed by atoms with E-state index in [1.165, 1.54) is 31.2 Å². The van der Waals surface area contributed by atoms with Crippen LogP contribution < -0.4 is 5.32 Å². The number of hydrogen-bond donors (Lipinski definition) is 1. The first kappa shape index (κ1) is 16.3. The average Bonchev–Trinajstić information content (AvgIpc) is 3.10. The number of para-hydroxylation sites is 1. The third-order valence-corrected chi connectivity index (χ3v) is 5.27. The fourth-order valence-electron chi connectivity index (χ4n) is 3.87. The van der Waals surface area contributed by atoms with Gasteiger partial charge in [-0.05, 0) is 30.4 Å². The van der Waals surface area contributed by atoms with Crippen LogP contribution in [0.25, 0.3) is 0 Å². The van der Waals surface area contributed by atoms with Crippen LogP contribution in [0, 0.1) is 0 Å². The van der Waals surface area contributed by atoms with Gasteiger partial charge >= 0.3 is 6.03 Å². The summed E-state index contributed by atoms with van der Waals surface area (Å²) in [6.07, 6.45) is 5.43. The molecular weight excluding hydrogens is 286 g/mol. The summed E-state index contributed by atoms with van der Waals surface area (Å²) in [6, 6.07) is 8.93. The number of rotatable bonds is 3. The topological polar surface area (TPSA) is 35.6 Å². The molecule has 1 saturated carbocycles. The Labute approximate surface area is 139 Å². The van der Waals surface area contributed by atoms with Gasteiger partial charge in [0.25, 0.3) is 0 Å². The highest BCUT2D eigenvalue weighted by Crippen LogP contribution is 2.26. The third-order valence-electron chi connectivity index (χ3n) is 5.27. The maximum atomic E-state index is 12.6. The van der Waals surface area contributed by atoms with E-state index < -0.39 is 0 Å². The van der Waals surface area contributed by atoms with Crippen LogP contribution >= 0.6 is 0 Å². The van der Waals surface area contributed by atoms with E-state index in [-0.39, 0.29) is 6.03 Å². The van der Waals surface area contributed by atoms with Crippen LogP contribution in [0.2, 0.25) is 0 Å². The van der Waals surface area contributed by atoms with Gasteiger partial charge in [0.05, 0.1) is 0 Å². The molecular formula is C19H29N3O. The Hall–Kier alpha value is -1.55. The van der Waals surface area contributed by atoms with Gasteiger partial charge in [0.2, 0.25) is 0 Å². The first-order valence-corrected chi connectivity index (χ1v) is 9.04. The Morgan fingerprint density at radius 2 is 1.74 bits per heavy atom. The van der Waals surface area contributed by atoms with Crippen molar-refractivity contribution < 1.29 is 4.79 Å². The highest BCUT2D eigenvalue weighted by atomic mass is 16.2.